The summed E-state index contributed by atoms with van der Waals surface area (Å²) < 4.78 is 7.88. The SMILES string of the molecule is COC[C@H](C)n1ccnc1Br. The third kappa shape index (κ3) is 2.04. The highest BCUT2D eigenvalue weighted by Crippen LogP contribution is 2.13. The summed E-state index contributed by atoms with van der Waals surface area (Å²) >= 11 is 3.33. The molecular weight excluding hydrogens is 208 g/mol. The first-order valence-corrected chi connectivity index (χ1v) is 4.22. The maximum Gasteiger partial charge on any atom is 0.177 e. The van der Waals surface area contributed by atoms with Crippen LogP contribution in [0.2, 0.25) is 0 Å². The van der Waals surface area contributed by atoms with Crippen LogP contribution in [0.5, 0.6) is 0 Å². The Kier molecular flexibility index (Phi) is 3.08. The van der Waals surface area contributed by atoms with Gasteiger partial charge in [-0.25, -0.2) is 4.98 Å². The maximum absolute atomic E-state index is 5.01. The van der Waals surface area contributed by atoms with Crippen LogP contribution in [0.15, 0.2) is 17.1 Å². The molecule has 1 atom stereocenters. The van der Waals surface area contributed by atoms with Crippen molar-refractivity contribution in [3.63, 3.8) is 0 Å². The molecule has 0 spiro atoms. The van der Waals surface area contributed by atoms with Gasteiger partial charge in [0, 0.05) is 19.5 Å². The van der Waals surface area contributed by atoms with Crippen LogP contribution in [-0.4, -0.2) is 23.3 Å². The summed E-state index contributed by atoms with van der Waals surface area (Å²) in [4.78, 5) is 4.04. The van der Waals surface area contributed by atoms with Crippen LogP contribution in [0.1, 0.15) is 13.0 Å². The normalized spacial score (nSPS) is 13.4. The van der Waals surface area contributed by atoms with Gasteiger partial charge in [0.1, 0.15) is 0 Å². The number of nitrogens with zero attached hydrogens (tertiary/aromatic N) is 2. The number of hydrogen-bond acceptors (Lipinski definition) is 2. The lowest BCUT2D eigenvalue weighted by Crippen LogP contribution is -2.10. The van der Waals surface area contributed by atoms with Crippen molar-refractivity contribution in [1.82, 2.24) is 9.55 Å². The Labute approximate surface area is 74.5 Å². The van der Waals surface area contributed by atoms with Gasteiger partial charge in [0.2, 0.25) is 0 Å². The van der Waals surface area contributed by atoms with E-state index >= 15 is 0 Å². The highest BCUT2D eigenvalue weighted by atomic mass is 79.9. The molecule has 1 heterocycles. The van der Waals surface area contributed by atoms with Crippen molar-refractivity contribution in [2.24, 2.45) is 0 Å². The van der Waals surface area contributed by atoms with Crippen molar-refractivity contribution in [2.45, 2.75) is 13.0 Å². The summed E-state index contributed by atoms with van der Waals surface area (Å²) in [7, 11) is 1.70. The van der Waals surface area contributed by atoms with Crippen molar-refractivity contribution >= 4 is 15.9 Å². The fourth-order valence-corrected chi connectivity index (χ4v) is 1.53. The number of halogens is 1. The quantitative estimate of drug-likeness (QED) is 0.775. The van der Waals surface area contributed by atoms with Gasteiger partial charge in [0.25, 0.3) is 0 Å². The van der Waals surface area contributed by atoms with E-state index in [0.717, 1.165) is 4.73 Å². The zero-order valence-electron chi connectivity index (χ0n) is 6.62. The predicted molar refractivity (Wildman–Crippen MR) is 46.5 cm³/mol. The Hall–Kier alpha value is -0.350. The molecule has 0 bridgehead atoms. The maximum atomic E-state index is 5.01. The molecule has 1 aromatic rings. The molecule has 0 aliphatic heterocycles. The van der Waals surface area contributed by atoms with Crippen LogP contribution in [-0.2, 0) is 4.74 Å². The fraction of sp³-hybridized carbons (Fsp3) is 0.571. The van der Waals surface area contributed by atoms with Gasteiger partial charge in [0.15, 0.2) is 4.73 Å². The van der Waals surface area contributed by atoms with Crippen LogP contribution in [0.4, 0.5) is 0 Å². The average Bonchev–Trinajstić information content (AvgIpc) is 2.36. The molecule has 11 heavy (non-hydrogen) atoms. The molecule has 1 rings (SSSR count). The number of ether oxygens (including phenoxy) is 1. The lowest BCUT2D eigenvalue weighted by molar-refractivity contribution is 0.161. The van der Waals surface area contributed by atoms with Gasteiger partial charge in [-0.05, 0) is 22.9 Å². The average molecular weight is 219 g/mol. The minimum absolute atomic E-state index is 0.330. The zero-order chi connectivity index (χ0) is 8.27. The Bertz CT molecular complexity index is 224. The molecule has 0 aromatic carbocycles. The van der Waals surface area contributed by atoms with Crippen LogP contribution in [0.3, 0.4) is 0 Å². The Morgan fingerprint density at radius 2 is 2.55 bits per heavy atom. The molecule has 0 amide bonds. The number of methoxy groups -OCH3 is 1. The molecule has 0 N–H and O–H groups in total. The molecule has 3 nitrogen and oxygen atoms in total. The third-order valence-corrected chi connectivity index (χ3v) is 2.12. The van der Waals surface area contributed by atoms with Crippen molar-refractivity contribution in [3.8, 4) is 0 Å². The highest BCUT2D eigenvalue weighted by Gasteiger charge is 2.06. The summed E-state index contributed by atoms with van der Waals surface area (Å²) in [6.45, 7) is 2.78. The summed E-state index contributed by atoms with van der Waals surface area (Å²) in [5.41, 5.74) is 0. The van der Waals surface area contributed by atoms with E-state index in [1.54, 1.807) is 13.3 Å². The van der Waals surface area contributed by atoms with E-state index in [0.29, 0.717) is 12.6 Å². The van der Waals surface area contributed by atoms with Gasteiger partial charge in [-0.1, -0.05) is 0 Å². The van der Waals surface area contributed by atoms with Crippen molar-refractivity contribution in [1.29, 1.82) is 0 Å². The van der Waals surface area contributed by atoms with E-state index < -0.39 is 0 Å². The molecule has 0 unspecified atom stereocenters. The molecule has 4 heteroatoms. The van der Waals surface area contributed by atoms with Crippen molar-refractivity contribution in [2.75, 3.05) is 13.7 Å². The van der Waals surface area contributed by atoms with E-state index in [9.17, 15) is 0 Å². The van der Waals surface area contributed by atoms with E-state index in [1.807, 2.05) is 10.8 Å². The van der Waals surface area contributed by atoms with Gasteiger partial charge in [-0.2, -0.15) is 0 Å². The second-order valence-corrected chi connectivity index (χ2v) is 3.12. The molecule has 0 saturated heterocycles. The smallest absolute Gasteiger partial charge is 0.177 e. The van der Waals surface area contributed by atoms with Crippen LogP contribution in [0.25, 0.3) is 0 Å². The molecule has 1 aromatic heterocycles. The summed E-state index contributed by atoms with van der Waals surface area (Å²) in [6, 6.07) is 0.330. The topological polar surface area (TPSA) is 27.1 Å². The monoisotopic (exact) mass is 218 g/mol. The van der Waals surface area contributed by atoms with Gasteiger partial charge < -0.3 is 9.30 Å². The highest BCUT2D eigenvalue weighted by molar-refractivity contribution is 9.10. The second-order valence-electron chi connectivity index (χ2n) is 2.41. The summed E-state index contributed by atoms with van der Waals surface area (Å²) in [5.74, 6) is 0. The Morgan fingerprint density at radius 3 is 3.00 bits per heavy atom. The van der Waals surface area contributed by atoms with Crippen molar-refractivity contribution < 1.29 is 4.74 Å². The fourth-order valence-electron chi connectivity index (χ4n) is 0.945. The van der Waals surface area contributed by atoms with Gasteiger partial charge in [0.05, 0.1) is 12.6 Å². The lowest BCUT2D eigenvalue weighted by atomic mass is 10.4. The van der Waals surface area contributed by atoms with E-state index in [-0.39, 0.29) is 0 Å². The zero-order valence-corrected chi connectivity index (χ0v) is 8.21. The van der Waals surface area contributed by atoms with Crippen molar-refractivity contribution in [3.05, 3.63) is 17.1 Å². The first-order chi connectivity index (χ1) is 5.25. The molecule has 62 valence electrons. The minimum Gasteiger partial charge on any atom is -0.383 e. The van der Waals surface area contributed by atoms with Crippen LogP contribution < -0.4 is 0 Å². The lowest BCUT2D eigenvalue weighted by Gasteiger charge is -2.12. The summed E-state index contributed by atoms with van der Waals surface area (Å²) in [5, 5.41) is 0. The Morgan fingerprint density at radius 1 is 1.82 bits per heavy atom. The van der Waals surface area contributed by atoms with Crippen LogP contribution in [0, 0.1) is 0 Å². The molecular formula is C7H11BrN2O. The third-order valence-electron chi connectivity index (χ3n) is 1.50. The number of aromatic nitrogens is 2. The molecule has 0 saturated carbocycles. The molecule has 0 fully saturated rings. The predicted octanol–water partition coefficient (Wildman–Crippen LogP) is 1.85. The standard InChI is InChI=1S/C7H11BrN2O/c1-6(5-11-2)10-4-3-9-7(10)8/h3-4,6H,5H2,1-2H3/t6-/m0/s1. The summed E-state index contributed by atoms with van der Waals surface area (Å²) in [6.07, 6.45) is 3.68. The Balaban J connectivity index is 2.67. The van der Waals surface area contributed by atoms with Gasteiger partial charge in [-0.3, -0.25) is 0 Å². The van der Waals surface area contributed by atoms with E-state index in [4.69, 9.17) is 4.74 Å². The largest absolute Gasteiger partial charge is 0.383 e. The van der Waals surface area contributed by atoms with Gasteiger partial charge in [-0.15, -0.1) is 0 Å². The number of hydrogen-bond donors (Lipinski definition) is 0. The number of imidazole rings is 1. The van der Waals surface area contributed by atoms with E-state index in [1.165, 1.54) is 0 Å². The van der Waals surface area contributed by atoms with E-state index in [2.05, 4.69) is 27.8 Å². The molecule has 0 aliphatic carbocycles. The minimum atomic E-state index is 0.330. The number of rotatable bonds is 3. The van der Waals surface area contributed by atoms with Gasteiger partial charge >= 0.3 is 0 Å². The molecule has 0 aliphatic rings. The molecule has 0 radical (unpaired) electrons. The first kappa shape index (κ1) is 8.74. The first-order valence-electron chi connectivity index (χ1n) is 3.43. The second kappa shape index (κ2) is 3.88. The van der Waals surface area contributed by atoms with Crippen LogP contribution >= 0.6 is 15.9 Å².